The number of anilines is 1. The summed E-state index contributed by atoms with van der Waals surface area (Å²) < 4.78 is 7.87. The third-order valence-corrected chi connectivity index (χ3v) is 6.04. The molecule has 0 aliphatic carbocycles. The van der Waals surface area contributed by atoms with Crippen molar-refractivity contribution in [1.82, 2.24) is 10.1 Å². The van der Waals surface area contributed by atoms with E-state index in [1.54, 1.807) is 47.6 Å². The number of para-hydroxylation sites is 1. The minimum absolute atomic E-state index is 0.240. The monoisotopic (exact) mass is 549 g/mol. The molecule has 0 saturated carbocycles. The summed E-state index contributed by atoms with van der Waals surface area (Å²) in [6, 6.07) is 12.5. The summed E-state index contributed by atoms with van der Waals surface area (Å²) in [6.45, 7) is 2.77. The van der Waals surface area contributed by atoms with Gasteiger partial charge in [-0.3, -0.25) is 19.4 Å². The molecule has 1 N–H and O–H groups in total. The maximum Gasteiger partial charge on any atom is 0.325 e. The minimum atomic E-state index is -0.820. The Balaban J connectivity index is 2.11. The van der Waals surface area contributed by atoms with Crippen molar-refractivity contribution in [2.24, 2.45) is 0 Å². The predicted molar refractivity (Wildman–Crippen MR) is 124 cm³/mol. The first-order valence-corrected chi connectivity index (χ1v) is 11.6. The lowest BCUT2D eigenvalue weighted by molar-refractivity contribution is -0.763. The van der Waals surface area contributed by atoms with E-state index in [9.17, 15) is 14.4 Å². The van der Waals surface area contributed by atoms with Crippen LogP contribution in [0.3, 0.4) is 0 Å². The Morgan fingerprint density at radius 3 is 2.65 bits per heavy atom. The molecule has 8 nitrogen and oxygen atoms in total. The number of ether oxygens (including phenoxy) is 1. The molecule has 1 aromatic heterocycles. The van der Waals surface area contributed by atoms with Crippen molar-refractivity contribution in [2.75, 3.05) is 11.2 Å². The van der Waals surface area contributed by atoms with Gasteiger partial charge in [-0.2, -0.15) is 0 Å². The number of thioether (sulfide) groups is 1. The van der Waals surface area contributed by atoms with Crippen LogP contribution < -0.4 is 19.9 Å². The maximum atomic E-state index is 13.1. The summed E-state index contributed by atoms with van der Waals surface area (Å²) in [5, 5.41) is 5.02. The highest BCUT2D eigenvalue weighted by atomic mass is 127. The van der Waals surface area contributed by atoms with Crippen LogP contribution in [0, 0.1) is 3.57 Å². The van der Waals surface area contributed by atoms with Gasteiger partial charge in [-0.05, 0) is 63.9 Å². The van der Waals surface area contributed by atoms with Crippen LogP contribution in [0.15, 0.2) is 52.4 Å². The number of fused-ring (bicyclic) bond motifs is 3. The molecule has 1 atom stereocenters. The van der Waals surface area contributed by atoms with Crippen LogP contribution in [0.1, 0.15) is 25.6 Å². The number of nitrogens with zero attached hydrogens (tertiary/aromatic N) is 3. The van der Waals surface area contributed by atoms with Gasteiger partial charge in [0.2, 0.25) is 11.1 Å². The Bertz CT molecular complexity index is 1280. The van der Waals surface area contributed by atoms with Gasteiger partial charge in [-0.25, -0.2) is 4.90 Å². The zero-order chi connectivity index (χ0) is 22.3. The SMILES string of the molecule is CSc1n[n+]2c(c(=O)[nH]1)-c1ccccc1N(C(C)=O)[C@H]2c1cc(I)ccc1OC(C)=O. The fourth-order valence-electron chi connectivity index (χ4n) is 3.65. The molecule has 3 aromatic rings. The van der Waals surface area contributed by atoms with E-state index in [-0.39, 0.29) is 11.5 Å². The van der Waals surface area contributed by atoms with Crippen molar-refractivity contribution < 1.29 is 19.0 Å². The summed E-state index contributed by atoms with van der Waals surface area (Å²) in [4.78, 5) is 42.1. The molecule has 0 bridgehead atoms. The molecular formula is C21H18IN4O4S+. The van der Waals surface area contributed by atoms with Crippen LogP contribution in [-0.2, 0) is 9.59 Å². The topological polar surface area (TPSA) is 96.2 Å². The third-order valence-electron chi connectivity index (χ3n) is 4.79. The van der Waals surface area contributed by atoms with Gasteiger partial charge in [0, 0.05) is 22.5 Å². The molecule has 158 valence electrons. The van der Waals surface area contributed by atoms with Crippen molar-refractivity contribution in [1.29, 1.82) is 0 Å². The Kier molecular flexibility index (Phi) is 5.84. The second-order valence-corrected chi connectivity index (χ2v) is 8.85. The number of carbonyl (C=O) groups is 2. The highest BCUT2D eigenvalue weighted by Gasteiger charge is 2.46. The Morgan fingerprint density at radius 1 is 1.23 bits per heavy atom. The van der Waals surface area contributed by atoms with Crippen LogP contribution in [-0.4, -0.2) is 28.2 Å². The van der Waals surface area contributed by atoms with Gasteiger partial charge in [0.25, 0.3) is 6.17 Å². The summed E-state index contributed by atoms with van der Waals surface area (Å²) in [6.07, 6.45) is 0.981. The molecule has 31 heavy (non-hydrogen) atoms. The average molecular weight is 549 g/mol. The molecule has 1 amide bonds. The fourth-order valence-corrected chi connectivity index (χ4v) is 4.53. The van der Waals surface area contributed by atoms with Gasteiger partial charge in [0.15, 0.2) is 0 Å². The summed E-state index contributed by atoms with van der Waals surface area (Å²) in [7, 11) is 0. The number of benzene rings is 2. The molecule has 2 heterocycles. The van der Waals surface area contributed by atoms with Gasteiger partial charge in [-0.15, -0.1) is 0 Å². The number of aromatic nitrogens is 3. The minimum Gasteiger partial charge on any atom is -0.426 e. The molecular weight excluding hydrogens is 531 g/mol. The van der Waals surface area contributed by atoms with Gasteiger partial charge in [0.05, 0.1) is 16.8 Å². The van der Waals surface area contributed by atoms with Gasteiger partial charge in [-0.1, -0.05) is 23.9 Å². The molecule has 0 radical (unpaired) electrons. The van der Waals surface area contributed by atoms with Gasteiger partial charge >= 0.3 is 17.2 Å². The van der Waals surface area contributed by atoms with E-state index in [2.05, 4.69) is 32.7 Å². The molecule has 0 saturated heterocycles. The molecule has 10 heteroatoms. The molecule has 0 fully saturated rings. The number of hydrogen-bond acceptors (Lipinski definition) is 6. The van der Waals surface area contributed by atoms with E-state index in [1.807, 2.05) is 6.07 Å². The van der Waals surface area contributed by atoms with Crippen molar-refractivity contribution in [3.63, 3.8) is 0 Å². The molecule has 1 aliphatic heterocycles. The maximum absolute atomic E-state index is 13.1. The lowest BCUT2D eigenvalue weighted by atomic mass is 10.0. The lowest BCUT2D eigenvalue weighted by Gasteiger charge is -2.31. The second kappa shape index (κ2) is 8.42. The number of esters is 1. The van der Waals surface area contributed by atoms with E-state index in [4.69, 9.17) is 4.74 Å². The van der Waals surface area contributed by atoms with Crippen molar-refractivity contribution in [3.8, 4) is 17.0 Å². The first-order chi connectivity index (χ1) is 14.8. The van der Waals surface area contributed by atoms with Crippen LogP contribution in [0.5, 0.6) is 5.75 Å². The van der Waals surface area contributed by atoms with E-state index < -0.39 is 12.1 Å². The quantitative estimate of drug-likeness (QED) is 0.178. The average Bonchev–Trinajstić information content (AvgIpc) is 2.73. The number of H-pyrrole nitrogens is 1. The van der Waals surface area contributed by atoms with Crippen molar-refractivity contribution in [3.05, 3.63) is 62.0 Å². The summed E-state index contributed by atoms with van der Waals surface area (Å²) in [5.74, 6) is -0.423. The number of nitrogens with one attached hydrogen (secondary N) is 1. The lowest BCUT2D eigenvalue weighted by Crippen LogP contribution is -2.60. The van der Waals surface area contributed by atoms with Crippen molar-refractivity contribution >= 4 is 51.9 Å². The van der Waals surface area contributed by atoms with Gasteiger partial charge in [0.1, 0.15) is 5.75 Å². The van der Waals surface area contributed by atoms with Crippen LogP contribution >= 0.6 is 34.4 Å². The second-order valence-electron chi connectivity index (χ2n) is 6.81. The predicted octanol–water partition coefficient (Wildman–Crippen LogP) is 2.89. The highest BCUT2D eigenvalue weighted by Crippen LogP contribution is 2.40. The first-order valence-electron chi connectivity index (χ1n) is 9.29. The molecule has 0 spiro atoms. The zero-order valence-corrected chi connectivity index (χ0v) is 19.9. The Hall–Kier alpha value is -2.73. The largest absolute Gasteiger partial charge is 0.426 e. The normalized spacial score (nSPS) is 14.6. The van der Waals surface area contributed by atoms with E-state index in [1.165, 1.54) is 30.3 Å². The zero-order valence-electron chi connectivity index (χ0n) is 16.9. The third kappa shape index (κ3) is 3.85. The molecule has 1 aliphatic rings. The van der Waals surface area contributed by atoms with E-state index >= 15 is 0 Å². The number of amides is 1. The summed E-state index contributed by atoms with van der Waals surface area (Å²) in [5.41, 5.74) is 1.72. The van der Waals surface area contributed by atoms with Gasteiger partial charge < -0.3 is 4.74 Å². The van der Waals surface area contributed by atoms with Crippen LogP contribution in [0.4, 0.5) is 5.69 Å². The summed E-state index contributed by atoms with van der Waals surface area (Å²) >= 11 is 3.44. The molecule has 0 unspecified atom stereocenters. The van der Waals surface area contributed by atoms with E-state index in [0.29, 0.717) is 33.4 Å². The fraction of sp³-hybridized carbons (Fsp3) is 0.190. The number of rotatable bonds is 3. The highest BCUT2D eigenvalue weighted by molar-refractivity contribution is 14.1. The number of aromatic amines is 1. The smallest absolute Gasteiger partial charge is 0.325 e. The standard InChI is InChI=1S/C21H17IN4O4S/c1-11(27)25-16-7-5-4-6-14(16)18-19(29)23-21(31-3)24-26(18)20(25)15-10-13(22)8-9-17(15)30-12(2)28/h4-10,20H,1-3H3/p+1/t20-/m1/s1. The van der Waals surface area contributed by atoms with Crippen molar-refractivity contribution in [2.45, 2.75) is 25.2 Å². The number of hydrogen-bond donors (Lipinski definition) is 1. The Labute approximate surface area is 195 Å². The molecule has 2 aromatic carbocycles. The van der Waals surface area contributed by atoms with E-state index in [0.717, 1.165) is 3.57 Å². The number of carbonyl (C=O) groups excluding carboxylic acids is 2. The molecule has 4 rings (SSSR count). The van der Waals surface area contributed by atoms with Crippen LogP contribution in [0.25, 0.3) is 11.3 Å². The number of halogens is 1. The first kappa shape index (κ1) is 21.5. The van der Waals surface area contributed by atoms with Crippen LogP contribution in [0.2, 0.25) is 0 Å². The Morgan fingerprint density at radius 2 is 1.97 bits per heavy atom.